The molecule has 0 aromatic rings. The molecule has 272 valence electrons. The molecular formula is C38H54O10S. The van der Waals surface area contributed by atoms with E-state index in [-0.39, 0.29) is 23.8 Å². The number of aliphatic hydroxyl groups excluding tert-OH is 2. The van der Waals surface area contributed by atoms with Gasteiger partial charge < -0.3 is 24.8 Å². The molecule has 1 aliphatic heterocycles. The predicted octanol–water partition coefficient (Wildman–Crippen LogP) is 6.77. The molecule has 6 atom stereocenters. The van der Waals surface area contributed by atoms with Crippen molar-refractivity contribution >= 4 is 16.4 Å². The quantitative estimate of drug-likeness (QED) is 0.0312. The number of hydrogen-bond acceptors (Lipinski definition) is 8. The van der Waals surface area contributed by atoms with Gasteiger partial charge in [0.05, 0.1) is 31.5 Å². The smallest absolute Gasteiger partial charge is 0.397 e. The molecule has 0 amide bonds. The summed E-state index contributed by atoms with van der Waals surface area (Å²) < 4.78 is 47.9. The molecule has 0 aromatic heterocycles. The maximum absolute atomic E-state index is 11.3. The van der Waals surface area contributed by atoms with Crippen LogP contribution in [0.25, 0.3) is 0 Å². The molecule has 11 heteroatoms. The maximum atomic E-state index is 11.3. The third-order valence-corrected chi connectivity index (χ3v) is 8.39. The summed E-state index contributed by atoms with van der Waals surface area (Å²) in [6.07, 6.45) is 33.6. The lowest BCUT2D eigenvalue weighted by Gasteiger charge is -2.33. The molecule has 0 aromatic carbocycles. The van der Waals surface area contributed by atoms with Gasteiger partial charge in [0.15, 0.2) is 5.79 Å². The van der Waals surface area contributed by atoms with Gasteiger partial charge in [-0.05, 0) is 33.1 Å². The Hall–Kier alpha value is -3.42. The number of ether oxygens (including phenoxy) is 2. The van der Waals surface area contributed by atoms with Gasteiger partial charge in [-0.15, -0.1) is 0 Å². The summed E-state index contributed by atoms with van der Waals surface area (Å²) >= 11 is 0. The predicted molar refractivity (Wildman–Crippen MR) is 194 cm³/mol. The van der Waals surface area contributed by atoms with Crippen LogP contribution in [0.4, 0.5) is 0 Å². The van der Waals surface area contributed by atoms with Crippen molar-refractivity contribution in [3.05, 3.63) is 121 Å². The van der Waals surface area contributed by atoms with Crippen LogP contribution in [0.3, 0.4) is 0 Å². The van der Waals surface area contributed by atoms with Crippen molar-refractivity contribution in [1.82, 2.24) is 0 Å². The van der Waals surface area contributed by atoms with Crippen LogP contribution in [-0.2, 0) is 28.9 Å². The molecule has 0 aliphatic carbocycles. The summed E-state index contributed by atoms with van der Waals surface area (Å²) in [6, 6.07) is 0. The molecule has 0 bridgehead atoms. The van der Waals surface area contributed by atoms with Gasteiger partial charge >= 0.3 is 16.4 Å². The third kappa shape index (κ3) is 19.4. The first-order valence-electron chi connectivity index (χ1n) is 16.4. The monoisotopic (exact) mass is 702 g/mol. The number of unbranched alkanes of at least 4 members (excludes halogenated alkanes) is 1. The largest absolute Gasteiger partial charge is 0.478 e. The van der Waals surface area contributed by atoms with E-state index >= 15 is 0 Å². The van der Waals surface area contributed by atoms with Crippen molar-refractivity contribution in [1.29, 1.82) is 0 Å². The highest BCUT2D eigenvalue weighted by Crippen LogP contribution is 2.33. The summed E-state index contributed by atoms with van der Waals surface area (Å²) in [4.78, 5) is 10.7. The summed E-state index contributed by atoms with van der Waals surface area (Å²) in [5, 5.41) is 30.0. The molecule has 1 fully saturated rings. The fraction of sp³-hybridized carbons (Fsp3) is 0.447. The van der Waals surface area contributed by atoms with Crippen molar-refractivity contribution in [3.63, 3.8) is 0 Å². The summed E-state index contributed by atoms with van der Waals surface area (Å²) in [5.74, 6) is -2.89. The van der Waals surface area contributed by atoms with Gasteiger partial charge in [-0.25, -0.2) is 8.98 Å². The summed E-state index contributed by atoms with van der Waals surface area (Å²) in [7, 11) is -4.65. The normalized spacial score (nSPS) is 20.4. The van der Waals surface area contributed by atoms with E-state index in [4.69, 9.17) is 18.8 Å². The lowest BCUT2D eigenvalue weighted by Crippen LogP contribution is -2.42. The van der Waals surface area contributed by atoms with Crippen LogP contribution in [0.5, 0.6) is 0 Å². The number of aliphatic hydroxyl groups is 2. The molecule has 4 N–H and O–H groups in total. The fourth-order valence-electron chi connectivity index (χ4n) is 4.58. The Balaban J connectivity index is 2.42. The van der Waals surface area contributed by atoms with E-state index in [1.165, 1.54) is 13.0 Å². The minimum absolute atomic E-state index is 0.129. The van der Waals surface area contributed by atoms with Crippen molar-refractivity contribution in [2.24, 2.45) is 17.8 Å². The van der Waals surface area contributed by atoms with Crippen LogP contribution in [0.1, 0.15) is 53.9 Å². The number of carboxylic acid groups (broad SMARTS) is 1. The minimum Gasteiger partial charge on any atom is -0.478 e. The molecule has 1 heterocycles. The Labute approximate surface area is 292 Å². The highest BCUT2D eigenvalue weighted by Gasteiger charge is 2.42. The van der Waals surface area contributed by atoms with Crippen molar-refractivity contribution in [2.45, 2.75) is 78.0 Å². The van der Waals surface area contributed by atoms with Crippen LogP contribution in [-0.4, -0.2) is 71.6 Å². The number of aliphatic carboxylic acids is 1. The highest BCUT2D eigenvalue weighted by atomic mass is 32.3. The van der Waals surface area contributed by atoms with Gasteiger partial charge in [-0.3, -0.25) is 4.55 Å². The first-order chi connectivity index (χ1) is 23.2. The van der Waals surface area contributed by atoms with Crippen molar-refractivity contribution < 1.29 is 46.7 Å². The van der Waals surface area contributed by atoms with Gasteiger partial charge in [0, 0.05) is 23.3 Å². The number of allylic oxidation sites excluding steroid dienone is 16. The number of hydrogen-bond donors (Lipinski definition) is 4. The van der Waals surface area contributed by atoms with Crippen molar-refractivity contribution in [3.8, 4) is 0 Å². The summed E-state index contributed by atoms with van der Waals surface area (Å²) in [5.41, 5.74) is 0.274. The van der Waals surface area contributed by atoms with Gasteiger partial charge in [0.1, 0.15) is 0 Å². The number of carbonyl (C=O) groups is 1. The number of rotatable bonds is 22. The molecule has 6 unspecified atom stereocenters. The summed E-state index contributed by atoms with van der Waals surface area (Å²) in [6.45, 7) is 9.53. The first kappa shape index (κ1) is 43.6. The van der Waals surface area contributed by atoms with E-state index in [2.05, 4.69) is 0 Å². The standard InChI is InChI=1S/C38H54O10S/c1-30(24-20-16-12-11-13-17-21-25-31(2)37(41)42)36(40)32(3)34(39)26-22-18-14-9-7-6-8-10-15-19-23-27-35(48-49(43,44)45)33(4)38(5)46-28-29-47-38/h6-11,13-15,17-26,30,32-36,39-40H,12,16,27-29H2,1-5H3,(H,41,42)(H,43,44,45). The van der Waals surface area contributed by atoms with Gasteiger partial charge in [0.2, 0.25) is 0 Å². The lowest BCUT2D eigenvalue weighted by molar-refractivity contribution is -0.195. The van der Waals surface area contributed by atoms with E-state index in [1.54, 1.807) is 68.5 Å². The average molecular weight is 703 g/mol. The van der Waals surface area contributed by atoms with Crippen molar-refractivity contribution in [2.75, 3.05) is 13.2 Å². The molecule has 0 saturated carbocycles. The van der Waals surface area contributed by atoms with E-state index in [0.717, 1.165) is 12.8 Å². The second kappa shape index (κ2) is 23.9. The van der Waals surface area contributed by atoms with Gasteiger partial charge in [-0.1, -0.05) is 136 Å². The Morgan fingerprint density at radius 3 is 1.88 bits per heavy atom. The van der Waals surface area contributed by atoms with Gasteiger partial charge in [-0.2, -0.15) is 8.42 Å². The Morgan fingerprint density at radius 1 is 0.796 bits per heavy atom. The Kier molecular flexibility index (Phi) is 21.2. The zero-order valence-electron chi connectivity index (χ0n) is 29.1. The van der Waals surface area contributed by atoms with E-state index in [1.807, 2.05) is 68.5 Å². The van der Waals surface area contributed by atoms with Crippen LogP contribution in [0.15, 0.2) is 121 Å². The molecule has 0 radical (unpaired) electrons. The topological polar surface area (TPSA) is 160 Å². The molecule has 10 nitrogen and oxygen atoms in total. The molecule has 0 spiro atoms. The fourth-order valence-corrected chi connectivity index (χ4v) is 5.14. The Morgan fingerprint density at radius 2 is 1.31 bits per heavy atom. The molecule has 1 aliphatic rings. The zero-order valence-corrected chi connectivity index (χ0v) is 29.9. The maximum Gasteiger partial charge on any atom is 0.397 e. The second-order valence-electron chi connectivity index (χ2n) is 11.8. The van der Waals surface area contributed by atoms with E-state index < -0.39 is 46.4 Å². The second-order valence-corrected chi connectivity index (χ2v) is 12.9. The van der Waals surface area contributed by atoms with Crippen LogP contribution >= 0.6 is 0 Å². The molecule has 49 heavy (non-hydrogen) atoms. The molecule has 1 rings (SSSR count). The molecule has 1 saturated heterocycles. The zero-order chi connectivity index (χ0) is 36.7. The molecular weight excluding hydrogens is 648 g/mol. The van der Waals surface area contributed by atoms with E-state index in [0.29, 0.717) is 13.2 Å². The third-order valence-electron chi connectivity index (χ3n) is 7.90. The van der Waals surface area contributed by atoms with Gasteiger partial charge in [0.25, 0.3) is 0 Å². The van der Waals surface area contributed by atoms with Crippen LogP contribution in [0, 0.1) is 17.8 Å². The minimum atomic E-state index is -4.65. The van der Waals surface area contributed by atoms with Crippen LogP contribution < -0.4 is 0 Å². The Bertz CT molecular complexity index is 1390. The average Bonchev–Trinajstić information content (AvgIpc) is 3.50. The highest BCUT2D eigenvalue weighted by molar-refractivity contribution is 7.80. The number of carboxylic acids is 1. The van der Waals surface area contributed by atoms with E-state index in [9.17, 15) is 28.0 Å². The SMILES string of the molecule is CC(=CC=CC=CCCC=CC(C)C(O)C(C)C(O)C=CC=CC=CC=CC=CC=CCC(OS(=O)(=O)O)C(C)C1(C)OCCO1)C(=O)O. The lowest BCUT2D eigenvalue weighted by atomic mass is 9.88. The first-order valence-corrected chi connectivity index (χ1v) is 17.7. The van der Waals surface area contributed by atoms with Crippen LogP contribution in [0.2, 0.25) is 0 Å².